The third-order valence-electron chi connectivity index (χ3n) is 2.61. The first-order chi connectivity index (χ1) is 7.92. The Morgan fingerprint density at radius 1 is 1.25 bits per heavy atom. The molecule has 16 heavy (non-hydrogen) atoms. The van der Waals surface area contributed by atoms with Crippen molar-refractivity contribution in [2.24, 2.45) is 0 Å². The summed E-state index contributed by atoms with van der Waals surface area (Å²) >= 11 is 0. The van der Waals surface area contributed by atoms with Crippen LogP contribution < -0.4 is 10.1 Å². The summed E-state index contributed by atoms with van der Waals surface area (Å²) in [6.07, 6.45) is 4.55. The van der Waals surface area contributed by atoms with Crippen LogP contribution in [0, 0.1) is 0 Å². The minimum atomic E-state index is 0.224. The first-order valence-electron chi connectivity index (χ1n) is 5.37. The van der Waals surface area contributed by atoms with Crippen molar-refractivity contribution in [3.63, 3.8) is 0 Å². The Morgan fingerprint density at radius 2 is 2.19 bits per heavy atom. The summed E-state index contributed by atoms with van der Waals surface area (Å²) in [5, 5.41) is 3.25. The van der Waals surface area contributed by atoms with Crippen LogP contribution in [0.5, 0.6) is 5.88 Å². The van der Waals surface area contributed by atoms with Crippen LogP contribution in [0.15, 0.2) is 24.5 Å². The van der Waals surface area contributed by atoms with Gasteiger partial charge in [0.15, 0.2) is 5.65 Å². The number of nitrogens with zero attached hydrogens (tertiary/aromatic N) is 3. The summed E-state index contributed by atoms with van der Waals surface area (Å²) in [5.74, 6) is 0.627. The second kappa shape index (κ2) is 4.02. The molecule has 5 heteroatoms. The van der Waals surface area contributed by atoms with E-state index < -0.39 is 0 Å². The number of pyridine rings is 1. The van der Waals surface area contributed by atoms with Gasteiger partial charge in [-0.2, -0.15) is 4.98 Å². The lowest BCUT2D eigenvalue weighted by Gasteiger charge is -2.11. The van der Waals surface area contributed by atoms with E-state index in [-0.39, 0.29) is 6.10 Å². The molecule has 1 aliphatic rings. The van der Waals surface area contributed by atoms with Gasteiger partial charge in [0, 0.05) is 25.0 Å². The molecule has 0 aromatic carbocycles. The zero-order valence-corrected chi connectivity index (χ0v) is 8.76. The topological polar surface area (TPSA) is 59.9 Å². The standard InChI is InChI=1S/C11H12N4O/c1-2-10(16-8-3-4-12-7-8)15-11-9(1)13-5-6-14-11/h1-2,5-6,8,12H,3-4,7H2. The first-order valence-corrected chi connectivity index (χ1v) is 5.37. The van der Waals surface area contributed by atoms with Gasteiger partial charge in [-0.25, -0.2) is 4.98 Å². The summed E-state index contributed by atoms with van der Waals surface area (Å²) in [5.41, 5.74) is 1.42. The quantitative estimate of drug-likeness (QED) is 0.803. The average Bonchev–Trinajstić information content (AvgIpc) is 2.82. The number of hydrogen-bond donors (Lipinski definition) is 1. The lowest BCUT2D eigenvalue weighted by atomic mass is 10.3. The van der Waals surface area contributed by atoms with Crippen molar-refractivity contribution < 1.29 is 4.74 Å². The molecule has 2 aromatic rings. The molecule has 5 nitrogen and oxygen atoms in total. The van der Waals surface area contributed by atoms with E-state index in [1.807, 2.05) is 12.1 Å². The largest absolute Gasteiger partial charge is 0.473 e. The molecular formula is C11H12N4O. The third kappa shape index (κ3) is 1.81. The van der Waals surface area contributed by atoms with E-state index in [0.29, 0.717) is 11.5 Å². The van der Waals surface area contributed by atoms with Gasteiger partial charge < -0.3 is 10.1 Å². The highest BCUT2D eigenvalue weighted by Crippen LogP contribution is 2.15. The Bertz CT molecular complexity index is 496. The summed E-state index contributed by atoms with van der Waals surface area (Å²) < 4.78 is 5.74. The van der Waals surface area contributed by atoms with Crippen molar-refractivity contribution >= 4 is 11.2 Å². The van der Waals surface area contributed by atoms with Gasteiger partial charge in [-0.05, 0) is 19.0 Å². The number of nitrogens with one attached hydrogen (secondary N) is 1. The predicted molar refractivity (Wildman–Crippen MR) is 59.2 cm³/mol. The van der Waals surface area contributed by atoms with Crippen LogP contribution in [-0.4, -0.2) is 34.1 Å². The van der Waals surface area contributed by atoms with E-state index in [1.165, 1.54) is 0 Å². The highest BCUT2D eigenvalue weighted by atomic mass is 16.5. The van der Waals surface area contributed by atoms with Crippen LogP contribution in [0.1, 0.15) is 6.42 Å². The summed E-state index contributed by atoms with van der Waals surface area (Å²) in [4.78, 5) is 12.6. The highest BCUT2D eigenvalue weighted by molar-refractivity contribution is 5.69. The molecule has 3 heterocycles. The van der Waals surface area contributed by atoms with Gasteiger partial charge in [-0.3, -0.25) is 4.98 Å². The molecule has 1 saturated heterocycles. The maximum atomic E-state index is 5.74. The van der Waals surface area contributed by atoms with Crippen LogP contribution in [0.25, 0.3) is 11.2 Å². The molecule has 82 valence electrons. The van der Waals surface area contributed by atoms with Crippen molar-refractivity contribution in [2.75, 3.05) is 13.1 Å². The van der Waals surface area contributed by atoms with Crippen molar-refractivity contribution in [1.29, 1.82) is 0 Å². The van der Waals surface area contributed by atoms with Gasteiger partial charge in [0.2, 0.25) is 5.88 Å². The average molecular weight is 216 g/mol. The van der Waals surface area contributed by atoms with Crippen LogP contribution in [-0.2, 0) is 0 Å². The first kappa shape index (κ1) is 9.47. The number of aromatic nitrogens is 3. The van der Waals surface area contributed by atoms with E-state index in [9.17, 15) is 0 Å². The Kier molecular flexibility index (Phi) is 2.38. The van der Waals surface area contributed by atoms with Crippen molar-refractivity contribution in [1.82, 2.24) is 20.3 Å². The Labute approximate surface area is 92.9 Å². The molecule has 0 aliphatic carbocycles. The van der Waals surface area contributed by atoms with Crippen molar-refractivity contribution in [3.8, 4) is 5.88 Å². The molecule has 0 bridgehead atoms. The smallest absolute Gasteiger partial charge is 0.215 e. The lowest BCUT2D eigenvalue weighted by molar-refractivity contribution is 0.214. The van der Waals surface area contributed by atoms with Gasteiger partial charge in [0.1, 0.15) is 11.6 Å². The molecule has 0 saturated carbocycles. The van der Waals surface area contributed by atoms with E-state index in [0.717, 1.165) is 25.0 Å². The number of hydrogen-bond acceptors (Lipinski definition) is 5. The summed E-state index contributed by atoms with van der Waals surface area (Å²) in [6, 6.07) is 3.72. The maximum absolute atomic E-state index is 5.74. The second-order valence-electron chi connectivity index (χ2n) is 3.78. The highest BCUT2D eigenvalue weighted by Gasteiger charge is 2.16. The van der Waals surface area contributed by atoms with Gasteiger partial charge in [-0.1, -0.05) is 0 Å². The molecule has 0 spiro atoms. The van der Waals surface area contributed by atoms with E-state index in [1.54, 1.807) is 12.4 Å². The molecule has 3 rings (SSSR count). The van der Waals surface area contributed by atoms with Crippen molar-refractivity contribution in [3.05, 3.63) is 24.5 Å². The predicted octanol–water partition coefficient (Wildman–Crippen LogP) is 0.765. The molecule has 1 N–H and O–H groups in total. The van der Waals surface area contributed by atoms with Gasteiger partial charge in [0.05, 0.1) is 0 Å². The van der Waals surface area contributed by atoms with Crippen LogP contribution in [0.2, 0.25) is 0 Å². The SMILES string of the molecule is c1cnc2nc(OC3CCNC3)ccc2n1. The zero-order valence-electron chi connectivity index (χ0n) is 8.76. The van der Waals surface area contributed by atoms with Gasteiger partial charge in [-0.15, -0.1) is 0 Å². The number of fused-ring (bicyclic) bond motifs is 1. The normalized spacial score (nSPS) is 20.1. The van der Waals surface area contributed by atoms with Gasteiger partial charge in [0.25, 0.3) is 0 Å². The fourth-order valence-electron chi connectivity index (χ4n) is 1.80. The maximum Gasteiger partial charge on any atom is 0.215 e. The Hall–Kier alpha value is -1.75. The van der Waals surface area contributed by atoms with Crippen LogP contribution in [0.4, 0.5) is 0 Å². The molecule has 2 aromatic heterocycles. The summed E-state index contributed by atoms with van der Waals surface area (Å²) in [7, 11) is 0. The van der Waals surface area contributed by atoms with E-state index in [4.69, 9.17) is 4.74 Å². The minimum absolute atomic E-state index is 0.224. The zero-order chi connectivity index (χ0) is 10.8. The third-order valence-corrected chi connectivity index (χ3v) is 2.61. The fourth-order valence-corrected chi connectivity index (χ4v) is 1.80. The monoisotopic (exact) mass is 216 g/mol. The van der Waals surface area contributed by atoms with E-state index in [2.05, 4.69) is 20.3 Å². The van der Waals surface area contributed by atoms with Gasteiger partial charge >= 0.3 is 0 Å². The molecule has 1 atom stereocenters. The molecule has 1 unspecified atom stereocenters. The molecule has 0 amide bonds. The second-order valence-corrected chi connectivity index (χ2v) is 3.78. The number of rotatable bonds is 2. The van der Waals surface area contributed by atoms with Crippen LogP contribution in [0.3, 0.4) is 0 Å². The minimum Gasteiger partial charge on any atom is -0.473 e. The van der Waals surface area contributed by atoms with E-state index >= 15 is 0 Å². The lowest BCUT2D eigenvalue weighted by Crippen LogP contribution is -2.20. The van der Waals surface area contributed by atoms with Crippen LogP contribution >= 0.6 is 0 Å². The number of ether oxygens (including phenoxy) is 1. The Balaban J connectivity index is 1.86. The Morgan fingerprint density at radius 3 is 3.06 bits per heavy atom. The van der Waals surface area contributed by atoms with Crippen molar-refractivity contribution in [2.45, 2.75) is 12.5 Å². The summed E-state index contributed by atoms with van der Waals surface area (Å²) in [6.45, 7) is 1.90. The fraction of sp³-hybridized carbons (Fsp3) is 0.364. The molecule has 0 radical (unpaired) electrons. The molecule has 1 aliphatic heterocycles. The molecule has 1 fully saturated rings. The molecular weight excluding hydrogens is 204 g/mol.